The van der Waals surface area contributed by atoms with Crippen molar-refractivity contribution >= 4 is 27.4 Å². The van der Waals surface area contributed by atoms with E-state index in [1.165, 1.54) is 16.8 Å². The van der Waals surface area contributed by atoms with Gasteiger partial charge in [0.15, 0.2) is 0 Å². The van der Waals surface area contributed by atoms with Crippen LogP contribution in [0.25, 0.3) is 27.6 Å². The summed E-state index contributed by atoms with van der Waals surface area (Å²) in [5.74, 6) is 0. The van der Waals surface area contributed by atoms with Crippen LogP contribution in [0.1, 0.15) is 0 Å². The number of aromatic nitrogens is 2. The fourth-order valence-electron chi connectivity index (χ4n) is 3.06. The lowest BCUT2D eigenvalue weighted by molar-refractivity contribution is 0.619. The van der Waals surface area contributed by atoms with Gasteiger partial charge in [0, 0.05) is 18.0 Å². The van der Waals surface area contributed by atoms with Gasteiger partial charge in [-0.25, -0.2) is 13.2 Å². The fraction of sp³-hybridized carbons (Fsp3) is 0. The molecular weight excluding hydrogens is 378 g/mol. The van der Waals surface area contributed by atoms with Crippen molar-refractivity contribution in [3.05, 3.63) is 93.8 Å². The standard InChI is InChI=1S/C20H15N3O4S/c24-19-8-9-23(20(25)21-19)18-3-1-2-13(12-18)14-4-5-16-11-17(22-28(26)27)7-6-15(16)10-14/h1-12,28H,(H,21,24,25)(H,22,26,27). The van der Waals surface area contributed by atoms with E-state index in [1.807, 2.05) is 42.5 Å². The van der Waals surface area contributed by atoms with Crippen LogP contribution in [-0.2, 0) is 10.9 Å². The van der Waals surface area contributed by atoms with Gasteiger partial charge in [-0.05, 0) is 52.2 Å². The molecule has 0 fully saturated rings. The molecule has 4 aromatic rings. The molecular formula is C20H15N3O4S. The Bertz CT molecular complexity index is 1380. The van der Waals surface area contributed by atoms with Gasteiger partial charge in [0.2, 0.25) is 10.9 Å². The molecule has 0 aliphatic rings. The van der Waals surface area contributed by atoms with Crippen molar-refractivity contribution in [2.75, 3.05) is 4.72 Å². The maximum atomic E-state index is 12.0. The molecule has 0 unspecified atom stereocenters. The molecule has 1 aromatic heterocycles. The van der Waals surface area contributed by atoms with E-state index in [9.17, 15) is 18.0 Å². The van der Waals surface area contributed by atoms with Crippen molar-refractivity contribution in [1.82, 2.24) is 9.55 Å². The number of nitrogens with zero attached hydrogens (tertiary/aromatic N) is 1. The minimum atomic E-state index is -2.71. The molecule has 4 rings (SSSR count). The number of thiol groups is 1. The first kappa shape index (κ1) is 17.7. The zero-order valence-corrected chi connectivity index (χ0v) is 15.4. The Balaban J connectivity index is 1.75. The number of benzene rings is 3. The van der Waals surface area contributed by atoms with E-state index in [4.69, 9.17) is 0 Å². The Morgan fingerprint density at radius 3 is 2.36 bits per heavy atom. The first-order chi connectivity index (χ1) is 13.5. The first-order valence-electron chi connectivity index (χ1n) is 8.37. The molecule has 140 valence electrons. The van der Waals surface area contributed by atoms with E-state index in [-0.39, 0.29) is 0 Å². The smallest absolute Gasteiger partial charge is 0.286 e. The van der Waals surface area contributed by atoms with Crippen LogP contribution >= 0.6 is 0 Å². The Kier molecular flexibility index (Phi) is 4.54. The Morgan fingerprint density at radius 1 is 0.821 bits per heavy atom. The van der Waals surface area contributed by atoms with E-state index < -0.39 is 22.1 Å². The lowest BCUT2D eigenvalue weighted by atomic mass is 10.0. The summed E-state index contributed by atoms with van der Waals surface area (Å²) >= 11 is 0. The summed E-state index contributed by atoms with van der Waals surface area (Å²) < 4.78 is 25.4. The monoisotopic (exact) mass is 393 g/mol. The van der Waals surface area contributed by atoms with E-state index in [1.54, 1.807) is 18.2 Å². The lowest BCUT2D eigenvalue weighted by Gasteiger charge is -2.09. The number of fused-ring (bicyclic) bond motifs is 1. The van der Waals surface area contributed by atoms with Crippen LogP contribution in [0.3, 0.4) is 0 Å². The molecule has 1 heterocycles. The quantitative estimate of drug-likeness (QED) is 0.463. The SMILES string of the molecule is O=c1ccn(-c2cccc(-c3ccc4cc(N[SH](=O)=O)ccc4c3)c2)c(=O)[nH]1. The minimum Gasteiger partial charge on any atom is -0.286 e. The van der Waals surface area contributed by atoms with E-state index in [0.717, 1.165) is 21.9 Å². The highest BCUT2D eigenvalue weighted by Gasteiger charge is 2.05. The molecule has 28 heavy (non-hydrogen) atoms. The van der Waals surface area contributed by atoms with Crippen molar-refractivity contribution < 1.29 is 8.42 Å². The minimum absolute atomic E-state index is 0.442. The van der Waals surface area contributed by atoms with Gasteiger partial charge in [-0.2, -0.15) is 0 Å². The number of anilines is 1. The third-order valence-electron chi connectivity index (χ3n) is 4.34. The Morgan fingerprint density at radius 2 is 1.57 bits per heavy atom. The zero-order valence-electron chi connectivity index (χ0n) is 14.5. The summed E-state index contributed by atoms with van der Waals surface area (Å²) in [4.78, 5) is 25.5. The molecule has 7 nitrogen and oxygen atoms in total. The van der Waals surface area contributed by atoms with E-state index in [0.29, 0.717) is 11.4 Å². The highest BCUT2D eigenvalue weighted by molar-refractivity contribution is 7.73. The summed E-state index contributed by atoms with van der Waals surface area (Å²) in [5, 5.41) is 1.86. The molecule has 0 saturated heterocycles. The van der Waals surface area contributed by atoms with Crippen molar-refractivity contribution in [2.24, 2.45) is 0 Å². The van der Waals surface area contributed by atoms with Crippen LogP contribution in [0.4, 0.5) is 5.69 Å². The van der Waals surface area contributed by atoms with Crippen molar-refractivity contribution in [3.63, 3.8) is 0 Å². The molecule has 0 bridgehead atoms. The summed E-state index contributed by atoms with van der Waals surface area (Å²) in [5.41, 5.74) is 2.06. The molecule has 0 spiro atoms. The highest BCUT2D eigenvalue weighted by Crippen LogP contribution is 2.27. The van der Waals surface area contributed by atoms with Gasteiger partial charge >= 0.3 is 5.69 Å². The van der Waals surface area contributed by atoms with Gasteiger partial charge in [-0.15, -0.1) is 0 Å². The highest BCUT2D eigenvalue weighted by atomic mass is 32.2. The van der Waals surface area contributed by atoms with Crippen molar-refractivity contribution in [2.45, 2.75) is 0 Å². The van der Waals surface area contributed by atoms with Crippen LogP contribution in [-0.4, -0.2) is 18.0 Å². The summed E-state index contributed by atoms with van der Waals surface area (Å²) in [6, 6.07) is 19.8. The van der Waals surface area contributed by atoms with Gasteiger partial charge in [-0.3, -0.25) is 19.1 Å². The molecule has 0 aliphatic carbocycles. The second-order valence-corrected chi connectivity index (χ2v) is 6.91. The largest absolute Gasteiger partial charge is 0.332 e. The van der Waals surface area contributed by atoms with E-state index in [2.05, 4.69) is 9.71 Å². The topological polar surface area (TPSA) is 101 Å². The van der Waals surface area contributed by atoms with Crippen molar-refractivity contribution in [1.29, 1.82) is 0 Å². The summed E-state index contributed by atoms with van der Waals surface area (Å²) in [6.07, 6.45) is 1.44. The van der Waals surface area contributed by atoms with Gasteiger partial charge in [-0.1, -0.05) is 30.3 Å². The maximum absolute atomic E-state index is 12.0. The predicted molar refractivity (Wildman–Crippen MR) is 110 cm³/mol. The average molecular weight is 393 g/mol. The summed E-state index contributed by atoms with van der Waals surface area (Å²) in [7, 11) is -2.71. The molecule has 0 amide bonds. The zero-order chi connectivity index (χ0) is 19.7. The first-order valence-corrected chi connectivity index (χ1v) is 9.55. The lowest BCUT2D eigenvalue weighted by Crippen LogP contribution is -2.27. The fourth-order valence-corrected chi connectivity index (χ4v) is 3.41. The molecule has 0 atom stereocenters. The number of aromatic amines is 1. The molecule has 8 heteroatoms. The van der Waals surface area contributed by atoms with Crippen molar-refractivity contribution in [3.8, 4) is 16.8 Å². The number of hydrogen-bond donors (Lipinski definition) is 3. The normalized spacial score (nSPS) is 11.0. The molecule has 3 aromatic carbocycles. The molecule has 0 radical (unpaired) electrons. The second kappa shape index (κ2) is 7.16. The maximum Gasteiger partial charge on any atom is 0.332 e. The Labute approximate surface area is 161 Å². The molecule has 0 saturated carbocycles. The molecule has 0 aliphatic heterocycles. The van der Waals surface area contributed by atoms with Crippen LogP contribution in [0, 0.1) is 0 Å². The number of nitrogens with one attached hydrogen (secondary N) is 2. The van der Waals surface area contributed by atoms with Gasteiger partial charge in [0.25, 0.3) is 5.56 Å². The number of rotatable bonds is 4. The van der Waals surface area contributed by atoms with Crippen LogP contribution in [0.15, 0.2) is 82.5 Å². The number of H-pyrrole nitrogens is 1. The predicted octanol–water partition coefficient (Wildman–Crippen LogP) is 2.28. The van der Waals surface area contributed by atoms with Gasteiger partial charge in [0.1, 0.15) is 0 Å². The van der Waals surface area contributed by atoms with Gasteiger partial charge < -0.3 is 0 Å². The van der Waals surface area contributed by atoms with Crippen LogP contribution < -0.4 is 16.0 Å². The van der Waals surface area contributed by atoms with Crippen LogP contribution in [0.5, 0.6) is 0 Å². The van der Waals surface area contributed by atoms with Crippen LogP contribution in [0.2, 0.25) is 0 Å². The third kappa shape index (κ3) is 3.58. The van der Waals surface area contributed by atoms with Gasteiger partial charge in [0.05, 0.1) is 5.69 Å². The summed E-state index contributed by atoms with van der Waals surface area (Å²) in [6.45, 7) is 0. The number of hydrogen-bond acceptors (Lipinski definition) is 4. The molecule has 2 N–H and O–H groups in total. The second-order valence-electron chi connectivity index (χ2n) is 6.18. The van der Waals surface area contributed by atoms with E-state index >= 15 is 0 Å². The Hall–Kier alpha value is -3.65. The third-order valence-corrected chi connectivity index (χ3v) is 4.78. The average Bonchev–Trinajstić information content (AvgIpc) is 2.67.